The molecule has 3 rings (SSSR count). The van der Waals surface area contributed by atoms with Crippen LogP contribution < -0.4 is 11.3 Å². The van der Waals surface area contributed by atoms with Crippen LogP contribution >= 0.6 is 15.9 Å². The second kappa shape index (κ2) is 4.93. The van der Waals surface area contributed by atoms with E-state index in [0.717, 1.165) is 11.1 Å². The topological polar surface area (TPSA) is 89.6 Å². The van der Waals surface area contributed by atoms with Crippen LogP contribution in [0.1, 0.15) is 0 Å². The van der Waals surface area contributed by atoms with E-state index >= 15 is 0 Å². The third-order valence-electron chi connectivity index (χ3n) is 2.82. The van der Waals surface area contributed by atoms with Crippen LogP contribution in [0.3, 0.4) is 0 Å². The van der Waals surface area contributed by atoms with Crippen molar-refractivity contribution in [3.63, 3.8) is 0 Å². The van der Waals surface area contributed by atoms with Crippen molar-refractivity contribution in [1.82, 2.24) is 19.7 Å². The number of nitrogen functional groups attached to an aromatic ring is 1. The van der Waals surface area contributed by atoms with E-state index in [4.69, 9.17) is 5.73 Å². The molecule has 2 aromatic heterocycles. The van der Waals surface area contributed by atoms with Gasteiger partial charge in [-0.1, -0.05) is 12.1 Å². The molecule has 0 unspecified atom stereocenters. The molecule has 20 heavy (non-hydrogen) atoms. The Balaban J connectivity index is 2.04. The molecule has 0 amide bonds. The fourth-order valence-electron chi connectivity index (χ4n) is 1.80. The van der Waals surface area contributed by atoms with Gasteiger partial charge in [-0.15, -0.1) is 0 Å². The van der Waals surface area contributed by atoms with Gasteiger partial charge in [0.2, 0.25) is 0 Å². The number of rotatable bonds is 2. The van der Waals surface area contributed by atoms with E-state index in [-0.39, 0.29) is 5.56 Å². The summed E-state index contributed by atoms with van der Waals surface area (Å²) >= 11 is 3.21. The Morgan fingerprint density at radius 3 is 2.70 bits per heavy atom. The summed E-state index contributed by atoms with van der Waals surface area (Å²) in [6, 6.07) is 7.48. The molecule has 3 aromatic rings. The lowest BCUT2D eigenvalue weighted by molar-refractivity contribution is 0.828. The number of anilines is 1. The number of nitrogens with zero attached hydrogens (tertiary/aromatic N) is 3. The number of halogens is 1. The number of benzene rings is 1. The molecule has 0 aliphatic rings. The first-order chi connectivity index (χ1) is 9.65. The predicted molar refractivity (Wildman–Crippen MR) is 79.5 cm³/mol. The van der Waals surface area contributed by atoms with Crippen molar-refractivity contribution < 1.29 is 0 Å². The molecule has 2 heterocycles. The lowest BCUT2D eigenvalue weighted by Gasteiger charge is -2.01. The van der Waals surface area contributed by atoms with E-state index in [2.05, 4.69) is 31.0 Å². The summed E-state index contributed by atoms with van der Waals surface area (Å²) in [5.74, 6) is 0.440. The van der Waals surface area contributed by atoms with E-state index in [1.54, 1.807) is 17.1 Å². The number of aromatic nitrogens is 4. The number of hydrogen-bond donors (Lipinski definition) is 2. The van der Waals surface area contributed by atoms with Gasteiger partial charge in [-0.3, -0.25) is 4.79 Å². The lowest BCUT2D eigenvalue weighted by Crippen LogP contribution is -2.12. The van der Waals surface area contributed by atoms with Gasteiger partial charge in [0.1, 0.15) is 4.47 Å². The third kappa shape index (κ3) is 2.23. The molecule has 3 N–H and O–H groups in total. The van der Waals surface area contributed by atoms with Crippen LogP contribution in [0.15, 0.2) is 52.3 Å². The summed E-state index contributed by atoms with van der Waals surface area (Å²) in [4.78, 5) is 18.1. The summed E-state index contributed by atoms with van der Waals surface area (Å²) in [6.07, 6.45) is 4.85. The molecule has 0 bridgehead atoms. The van der Waals surface area contributed by atoms with Crippen molar-refractivity contribution in [3.8, 4) is 16.9 Å². The Hall–Kier alpha value is -2.41. The smallest absolute Gasteiger partial charge is 0.267 e. The highest BCUT2D eigenvalue weighted by Gasteiger charge is 2.09. The fourth-order valence-corrected chi connectivity index (χ4v) is 2.20. The standard InChI is InChI=1S/C13H10BrN5O/c14-11-12(16-7-17-13(11)20)19-6-9(5-18-19)8-1-3-10(15)4-2-8/h1-7H,15H2,(H,16,17,20). The Labute approximate surface area is 122 Å². The number of nitrogens with one attached hydrogen (secondary N) is 1. The van der Waals surface area contributed by atoms with Gasteiger partial charge in [0.25, 0.3) is 5.56 Å². The van der Waals surface area contributed by atoms with Crippen molar-refractivity contribution >= 4 is 21.6 Å². The molecular weight excluding hydrogens is 322 g/mol. The molecule has 0 spiro atoms. The zero-order chi connectivity index (χ0) is 14.1. The van der Waals surface area contributed by atoms with Crippen molar-refractivity contribution in [3.05, 3.63) is 57.8 Å². The Morgan fingerprint density at radius 2 is 1.95 bits per heavy atom. The maximum absolute atomic E-state index is 11.5. The van der Waals surface area contributed by atoms with E-state index < -0.39 is 0 Å². The molecule has 0 radical (unpaired) electrons. The maximum Gasteiger partial charge on any atom is 0.267 e. The molecule has 0 fully saturated rings. The van der Waals surface area contributed by atoms with Crippen LogP contribution in [0.25, 0.3) is 16.9 Å². The van der Waals surface area contributed by atoms with Gasteiger partial charge in [0.15, 0.2) is 5.82 Å². The fraction of sp³-hybridized carbons (Fsp3) is 0. The van der Waals surface area contributed by atoms with E-state index in [0.29, 0.717) is 16.0 Å². The SMILES string of the molecule is Nc1ccc(-c2cnn(-c3nc[nH]c(=O)c3Br)c2)cc1. The van der Waals surface area contributed by atoms with Gasteiger partial charge >= 0.3 is 0 Å². The second-order valence-corrected chi connectivity index (χ2v) is 4.96. The average Bonchev–Trinajstić information content (AvgIpc) is 2.92. The van der Waals surface area contributed by atoms with Gasteiger partial charge in [-0.2, -0.15) is 5.10 Å². The Morgan fingerprint density at radius 1 is 1.20 bits per heavy atom. The van der Waals surface area contributed by atoms with Gasteiger partial charge in [-0.25, -0.2) is 9.67 Å². The van der Waals surface area contributed by atoms with Crippen molar-refractivity contribution in [2.24, 2.45) is 0 Å². The second-order valence-electron chi connectivity index (χ2n) is 4.16. The van der Waals surface area contributed by atoms with Crippen molar-refractivity contribution in [2.75, 3.05) is 5.73 Å². The molecule has 100 valence electrons. The predicted octanol–water partition coefficient (Wildman–Crippen LogP) is 1.97. The summed E-state index contributed by atoms with van der Waals surface area (Å²) in [5, 5.41) is 4.23. The molecule has 0 aliphatic heterocycles. The molecule has 0 atom stereocenters. The first kappa shape index (κ1) is 12.6. The molecule has 0 saturated carbocycles. The van der Waals surface area contributed by atoms with E-state index in [9.17, 15) is 4.79 Å². The highest BCUT2D eigenvalue weighted by molar-refractivity contribution is 9.10. The first-order valence-corrected chi connectivity index (χ1v) is 6.58. The maximum atomic E-state index is 11.5. The monoisotopic (exact) mass is 331 g/mol. The lowest BCUT2D eigenvalue weighted by atomic mass is 10.1. The molecule has 1 aromatic carbocycles. The molecule has 7 heteroatoms. The van der Waals surface area contributed by atoms with Crippen molar-refractivity contribution in [1.29, 1.82) is 0 Å². The van der Waals surface area contributed by atoms with Crippen LogP contribution in [0.2, 0.25) is 0 Å². The zero-order valence-corrected chi connectivity index (χ0v) is 11.8. The largest absolute Gasteiger partial charge is 0.399 e. The van der Waals surface area contributed by atoms with Crippen LogP contribution in [0.5, 0.6) is 0 Å². The van der Waals surface area contributed by atoms with Gasteiger partial charge in [0.05, 0.1) is 12.5 Å². The Kier molecular flexibility index (Phi) is 3.11. The van der Waals surface area contributed by atoms with Crippen LogP contribution in [0, 0.1) is 0 Å². The van der Waals surface area contributed by atoms with Gasteiger partial charge in [0, 0.05) is 17.4 Å². The number of aromatic amines is 1. The van der Waals surface area contributed by atoms with Crippen molar-refractivity contribution in [2.45, 2.75) is 0 Å². The first-order valence-electron chi connectivity index (χ1n) is 5.79. The minimum Gasteiger partial charge on any atom is -0.399 e. The molecule has 0 aliphatic carbocycles. The van der Waals surface area contributed by atoms with Crippen LogP contribution in [0.4, 0.5) is 5.69 Å². The van der Waals surface area contributed by atoms with Gasteiger partial charge in [-0.05, 0) is 33.6 Å². The minimum atomic E-state index is -0.250. The quantitative estimate of drug-likeness (QED) is 0.702. The number of hydrogen-bond acceptors (Lipinski definition) is 4. The minimum absolute atomic E-state index is 0.250. The summed E-state index contributed by atoms with van der Waals surface area (Å²) in [6.45, 7) is 0. The normalized spacial score (nSPS) is 10.7. The highest BCUT2D eigenvalue weighted by atomic mass is 79.9. The molecular formula is C13H10BrN5O. The summed E-state index contributed by atoms with van der Waals surface area (Å²) < 4.78 is 1.89. The zero-order valence-electron chi connectivity index (χ0n) is 10.2. The van der Waals surface area contributed by atoms with Gasteiger partial charge < -0.3 is 10.7 Å². The van der Waals surface area contributed by atoms with E-state index in [1.165, 1.54) is 6.33 Å². The third-order valence-corrected chi connectivity index (χ3v) is 3.54. The number of nitrogens with two attached hydrogens (primary N) is 1. The van der Waals surface area contributed by atoms with E-state index in [1.807, 2.05) is 24.3 Å². The Bertz CT molecular complexity index is 806. The van der Waals surface area contributed by atoms with Crippen LogP contribution in [-0.2, 0) is 0 Å². The summed E-state index contributed by atoms with van der Waals surface area (Å²) in [7, 11) is 0. The van der Waals surface area contributed by atoms with Crippen LogP contribution in [-0.4, -0.2) is 19.7 Å². The number of H-pyrrole nitrogens is 1. The summed E-state index contributed by atoms with van der Waals surface area (Å²) in [5.41, 5.74) is 8.03. The average molecular weight is 332 g/mol. The highest BCUT2D eigenvalue weighted by Crippen LogP contribution is 2.22. The molecule has 0 saturated heterocycles. The molecule has 6 nitrogen and oxygen atoms in total.